The van der Waals surface area contributed by atoms with Crippen molar-refractivity contribution in [2.75, 3.05) is 39.4 Å². The van der Waals surface area contributed by atoms with E-state index >= 15 is 0 Å². The molecule has 0 bridgehead atoms. The quantitative estimate of drug-likeness (QED) is 0.808. The topological polar surface area (TPSA) is 66.9 Å². The summed E-state index contributed by atoms with van der Waals surface area (Å²) >= 11 is 0. The third-order valence-corrected chi connectivity index (χ3v) is 6.84. The smallest absolute Gasteiger partial charge is 0.225 e. The van der Waals surface area contributed by atoms with Gasteiger partial charge in [-0.05, 0) is 25.3 Å². The molecule has 2 fully saturated rings. The summed E-state index contributed by atoms with van der Waals surface area (Å²) in [4.78, 5) is 14.4. The van der Waals surface area contributed by atoms with Gasteiger partial charge in [0, 0.05) is 32.1 Å². The summed E-state index contributed by atoms with van der Waals surface area (Å²) in [5.74, 6) is 0.109. The largest absolute Gasteiger partial charge is 0.378 e. The first-order chi connectivity index (χ1) is 12.0. The van der Waals surface area contributed by atoms with Crippen LogP contribution in [0.2, 0.25) is 0 Å². The number of hydrogen-bond acceptors (Lipinski definition) is 4. The third-order valence-electron chi connectivity index (χ3n) is 4.99. The molecule has 2 aliphatic rings. The van der Waals surface area contributed by atoms with Crippen LogP contribution in [-0.4, -0.2) is 62.9 Å². The average molecular weight is 366 g/mol. The van der Waals surface area contributed by atoms with Gasteiger partial charge in [-0.25, -0.2) is 12.7 Å². The van der Waals surface area contributed by atoms with Gasteiger partial charge in [0.1, 0.15) is 0 Å². The Hall–Kier alpha value is -1.44. The number of carbonyl (C=O) groups is 1. The van der Waals surface area contributed by atoms with Crippen LogP contribution < -0.4 is 0 Å². The van der Waals surface area contributed by atoms with Crippen LogP contribution in [0.4, 0.5) is 0 Å². The first-order valence-corrected chi connectivity index (χ1v) is 10.5. The lowest BCUT2D eigenvalue weighted by Crippen LogP contribution is -2.47. The number of sulfonamides is 1. The number of hydrogen-bond donors (Lipinski definition) is 0. The number of aryl methyl sites for hydroxylation is 1. The molecule has 2 saturated heterocycles. The Balaban J connectivity index is 1.55. The van der Waals surface area contributed by atoms with Crippen molar-refractivity contribution in [3.05, 3.63) is 35.4 Å². The van der Waals surface area contributed by atoms with Crippen LogP contribution >= 0.6 is 0 Å². The molecular weight excluding hydrogens is 340 g/mol. The van der Waals surface area contributed by atoms with Gasteiger partial charge in [0.05, 0.1) is 19.0 Å². The summed E-state index contributed by atoms with van der Waals surface area (Å²) < 4.78 is 32.1. The molecule has 0 N–H and O–H groups in total. The SMILES string of the molecule is Cc1ccc(CS(=O)(=O)N2CCC(C(=O)N3CCOCC3)CC2)cc1. The Morgan fingerprint density at radius 3 is 2.28 bits per heavy atom. The zero-order valence-corrected chi connectivity index (χ0v) is 15.5. The van der Waals surface area contributed by atoms with E-state index in [1.807, 2.05) is 36.1 Å². The van der Waals surface area contributed by atoms with Gasteiger partial charge >= 0.3 is 0 Å². The standard InChI is InChI=1S/C18H26N2O4S/c1-15-2-4-16(5-3-15)14-25(22,23)20-8-6-17(7-9-20)18(21)19-10-12-24-13-11-19/h2-5,17H,6-14H2,1H3. The minimum Gasteiger partial charge on any atom is -0.378 e. The van der Waals surface area contributed by atoms with Crippen LogP contribution in [0.3, 0.4) is 0 Å². The molecule has 2 aliphatic heterocycles. The highest BCUT2D eigenvalue weighted by Gasteiger charge is 2.33. The fourth-order valence-electron chi connectivity index (χ4n) is 3.41. The molecule has 0 atom stereocenters. The molecule has 7 heteroatoms. The van der Waals surface area contributed by atoms with Crippen molar-refractivity contribution in [1.29, 1.82) is 0 Å². The molecule has 0 aromatic heterocycles. The van der Waals surface area contributed by atoms with E-state index in [-0.39, 0.29) is 17.6 Å². The predicted molar refractivity (Wildman–Crippen MR) is 95.5 cm³/mol. The molecule has 1 amide bonds. The maximum absolute atomic E-state index is 12.6. The Bertz CT molecular complexity index is 688. The fourth-order valence-corrected chi connectivity index (χ4v) is 4.97. The summed E-state index contributed by atoms with van der Waals surface area (Å²) in [6.07, 6.45) is 1.20. The van der Waals surface area contributed by atoms with Gasteiger partial charge in [0.2, 0.25) is 15.9 Å². The molecule has 1 aromatic carbocycles. The molecular formula is C18H26N2O4S. The van der Waals surface area contributed by atoms with E-state index in [0.717, 1.165) is 11.1 Å². The maximum Gasteiger partial charge on any atom is 0.225 e. The van der Waals surface area contributed by atoms with Crippen molar-refractivity contribution < 1.29 is 17.9 Å². The molecule has 1 aromatic rings. The molecule has 3 rings (SSSR count). The zero-order chi connectivity index (χ0) is 17.9. The number of carbonyl (C=O) groups excluding carboxylic acids is 1. The Labute approximate surface area is 149 Å². The Morgan fingerprint density at radius 1 is 1.08 bits per heavy atom. The van der Waals surface area contributed by atoms with Gasteiger partial charge in [-0.3, -0.25) is 4.79 Å². The van der Waals surface area contributed by atoms with Crippen molar-refractivity contribution in [3.8, 4) is 0 Å². The van der Waals surface area contributed by atoms with E-state index in [4.69, 9.17) is 4.74 Å². The monoisotopic (exact) mass is 366 g/mol. The van der Waals surface area contributed by atoms with Crippen LogP contribution in [0.1, 0.15) is 24.0 Å². The number of ether oxygens (including phenoxy) is 1. The van der Waals surface area contributed by atoms with Gasteiger partial charge < -0.3 is 9.64 Å². The molecule has 6 nitrogen and oxygen atoms in total. The van der Waals surface area contributed by atoms with Crippen LogP contribution in [0.15, 0.2) is 24.3 Å². The van der Waals surface area contributed by atoms with Crippen LogP contribution in [0, 0.1) is 12.8 Å². The summed E-state index contributed by atoms with van der Waals surface area (Å²) in [5.41, 5.74) is 1.92. The van der Waals surface area contributed by atoms with Gasteiger partial charge in [0.15, 0.2) is 0 Å². The van der Waals surface area contributed by atoms with Crippen molar-refractivity contribution in [2.24, 2.45) is 5.92 Å². The van der Waals surface area contributed by atoms with Gasteiger partial charge in [-0.2, -0.15) is 0 Å². The first-order valence-electron chi connectivity index (χ1n) is 8.85. The Kier molecular flexibility index (Phi) is 5.76. The van der Waals surface area contributed by atoms with E-state index in [9.17, 15) is 13.2 Å². The lowest BCUT2D eigenvalue weighted by molar-refractivity contribution is -0.140. The highest BCUT2D eigenvalue weighted by atomic mass is 32.2. The Morgan fingerprint density at radius 2 is 1.68 bits per heavy atom. The normalized spacial score (nSPS) is 20.6. The zero-order valence-electron chi connectivity index (χ0n) is 14.7. The lowest BCUT2D eigenvalue weighted by Gasteiger charge is -2.35. The van der Waals surface area contributed by atoms with E-state index in [2.05, 4.69) is 0 Å². The summed E-state index contributed by atoms with van der Waals surface area (Å²) in [5, 5.41) is 0. The van der Waals surface area contributed by atoms with Crippen LogP contribution in [0.25, 0.3) is 0 Å². The second-order valence-corrected chi connectivity index (χ2v) is 8.82. The van der Waals surface area contributed by atoms with E-state index in [0.29, 0.717) is 52.2 Å². The minimum absolute atomic E-state index is 0.0232. The average Bonchev–Trinajstić information content (AvgIpc) is 2.64. The van der Waals surface area contributed by atoms with Crippen molar-refractivity contribution in [3.63, 3.8) is 0 Å². The number of amides is 1. The summed E-state index contributed by atoms with van der Waals surface area (Å²) in [6.45, 7) is 5.30. The molecule has 0 aliphatic carbocycles. The van der Waals surface area contributed by atoms with Crippen LogP contribution in [0.5, 0.6) is 0 Å². The molecule has 0 unspecified atom stereocenters. The van der Waals surface area contributed by atoms with E-state index < -0.39 is 10.0 Å². The number of rotatable bonds is 4. The maximum atomic E-state index is 12.6. The summed E-state index contributed by atoms with van der Waals surface area (Å²) in [6, 6.07) is 7.58. The second-order valence-electron chi connectivity index (χ2n) is 6.85. The van der Waals surface area contributed by atoms with Gasteiger partial charge in [-0.15, -0.1) is 0 Å². The van der Waals surface area contributed by atoms with E-state index in [1.54, 1.807) is 0 Å². The molecule has 138 valence electrons. The van der Waals surface area contributed by atoms with Crippen LogP contribution in [-0.2, 0) is 25.3 Å². The number of morpholine rings is 1. The lowest BCUT2D eigenvalue weighted by atomic mass is 9.96. The van der Waals surface area contributed by atoms with E-state index in [1.165, 1.54) is 4.31 Å². The number of piperidine rings is 1. The molecule has 0 radical (unpaired) electrons. The molecule has 25 heavy (non-hydrogen) atoms. The number of nitrogens with zero attached hydrogens (tertiary/aromatic N) is 2. The highest BCUT2D eigenvalue weighted by molar-refractivity contribution is 7.88. The van der Waals surface area contributed by atoms with Crippen molar-refractivity contribution >= 4 is 15.9 Å². The second kappa shape index (κ2) is 7.85. The highest BCUT2D eigenvalue weighted by Crippen LogP contribution is 2.23. The molecule has 0 spiro atoms. The molecule has 2 heterocycles. The fraction of sp³-hybridized carbons (Fsp3) is 0.611. The number of benzene rings is 1. The first kappa shape index (κ1) is 18.4. The predicted octanol–water partition coefficient (Wildman–Crippen LogP) is 1.40. The van der Waals surface area contributed by atoms with Gasteiger partial charge in [-0.1, -0.05) is 29.8 Å². The van der Waals surface area contributed by atoms with Gasteiger partial charge in [0.25, 0.3) is 0 Å². The minimum atomic E-state index is -3.33. The third kappa shape index (κ3) is 4.59. The summed E-state index contributed by atoms with van der Waals surface area (Å²) in [7, 11) is -3.33. The molecule has 0 saturated carbocycles. The van der Waals surface area contributed by atoms with Crippen molar-refractivity contribution in [1.82, 2.24) is 9.21 Å². The van der Waals surface area contributed by atoms with Crippen molar-refractivity contribution in [2.45, 2.75) is 25.5 Å².